The molecule has 1 saturated heterocycles. The highest BCUT2D eigenvalue weighted by Gasteiger charge is 2.25. The molecule has 3 rings (SSSR count). The summed E-state index contributed by atoms with van der Waals surface area (Å²) in [5, 5.41) is 0.657. The Morgan fingerprint density at radius 2 is 1.78 bits per heavy atom. The van der Waals surface area contributed by atoms with Crippen LogP contribution in [-0.4, -0.2) is 47.0 Å². The van der Waals surface area contributed by atoms with Gasteiger partial charge in [-0.1, -0.05) is 32.4 Å². The summed E-state index contributed by atoms with van der Waals surface area (Å²) in [5.41, 5.74) is 0.00871. The van der Waals surface area contributed by atoms with Crippen LogP contribution in [0.2, 0.25) is 5.02 Å². The number of aromatic nitrogens is 2. The maximum atomic E-state index is 12.4. The third-order valence-corrected chi connectivity index (χ3v) is 4.55. The molecule has 0 atom stereocenters. The zero-order chi connectivity index (χ0) is 19.4. The third kappa shape index (κ3) is 5.57. The molecule has 1 aliphatic heterocycles. The van der Waals surface area contributed by atoms with Crippen molar-refractivity contribution in [3.8, 4) is 11.6 Å². The molecular weight excluding hydrogens is 364 g/mol. The highest BCUT2D eigenvalue weighted by atomic mass is 35.5. The molecule has 7 heteroatoms. The van der Waals surface area contributed by atoms with Gasteiger partial charge in [0.25, 0.3) is 0 Å². The first-order valence-corrected chi connectivity index (χ1v) is 9.46. The first-order chi connectivity index (χ1) is 12.8. The van der Waals surface area contributed by atoms with E-state index in [9.17, 15) is 4.79 Å². The Kier molecular flexibility index (Phi) is 5.85. The van der Waals surface area contributed by atoms with Crippen molar-refractivity contribution in [2.45, 2.75) is 27.2 Å². The molecule has 1 amide bonds. The van der Waals surface area contributed by atoms with E-state index in [2.05, 4.69) is 35.6 Å². The Morgan fingerprint density at radius 3 is 2.41 bits per heavy atom. The van der Waals surface area contributed by atoms with Crippen molar-refractivity contribution in [3.05, 3.63) is 41.7 Å². The summed E-state index contributed by atoms with van der Waals surface area (Å²) in [7, 11) is 0. The Labute approximate surface area is 165 Å². The van der Waals surface area contributed by atoms with Gasteiger partial charge in [0.2, 0.25) is 11.8 Å². The number of hydrogen-bond acceptors (Lipinski definition) is 5. The molecule has 1 aromatic carbocycles. The van der Waals surface area contributed by atoms with Crippen LogP contribution < -0.4 is 9.64 Å². The number of nitrogens with zero attached hydrogens (tertiary/aromatic N) is 4. The smallest absolute Gasteiger partial charge is 0.224 e. The number of carbonyl (C=O) groups excluding carboxylic acids is 1. The van der Waals surface area contributed by atoms with Gasteiger partial charge in [-0.25, -0.2) is 9.97 Å². The summed E-state index contributed by atoms with van der Waals surface area (Å²) in [4.78, 5) is 25.0. The lowest BCUT2D eigenvalue weighted by molar-refractivity contribution is -0.133. The summed E-state index contributed by atoms with van der Waals surface area (Å²) >= 11 is 5.89. The van der Waals surface area contributed by atoms with Crippen LogP contribution in [0.15, 0.2) is 36.7 Å². The van der Waals surface area contributed by atoms with E-state index in [-0.39, 0.29) is 11.3 Å². The normalized spacial score (nSPS) is 15.0. The number of amides is 1. The molecule has 0 unspecified atom stereocenters. The van der Waals surface area contributed by atoms with Gasteiger partial charge in [-0.15, -0.1) is 0 Å². The van der Waals surface area contributed by atoms with E-state index < -0.39 is 0 Å². The topological polar surface area (TPSA) is 58.6 Å². The second-order valence-electron chi connectivity index (χ2n) is 7.88. The van der Waals surface area contributed by atoms with E-state index in [1.165, 1.54) is 6.33 Å². The van der Waals surface area contributed by atoms with Crippen molar-refractivity contribution in [3.63, 3.8) is 0 Å². The summed E-state index contributed by atoms with van der Waals surface area (Å²) in [6.45, 7) is 9.15. The Hall–Kier alpha value is -2.34. The average molecular weight is 389 g/mol. The van der Waals surface area contributed by atoms with E-state index in [4.69, 9.17) is 16.3 Å². The van der Waals surface area contributed by atoms with Gasteiger partial charge in [0.1, 0.15) is 17.9 Å². The lowest BCUT2D eigenvalue weighted by atomic mass is 9.91. The predicted molar refractivity (Wildman–Crippen MR) is 106 cm³/mol. The van der Waals surface area contributed by atoms with E-state index in [1.807, 2.05) is 11.0 Å². The fourth-order valence-electron chi connectivity index (χ4n) is 2.93. The largest absolute Gasteiger partial charge is 0.439 e. The van der Waals surface area contributed by atoms with Crippen LogP contribution >= 0.6 is 11.6 Å². The molecule has 1 aromatic heterocycles. The van der Waals surface area contributed by atoms with E-state index in [0.29, 0.717) is 36.2 Å². The van der Waals surface area contributed by atoms with E-state index in [0.717, 1.165) is 18.9 Å². The van der Waals surface area contributed by atoms with Crippen LogP contribution in [0.5, 0.6) is 11.6 Å². The second kappa shape index (κ2) is 8.13. The summed E-state index contributed by atoms with van der Waals surface area (Å²) in [6, 6.07) is 8.95. The van der Waals surface area contributed by atoms with Crippen molar-refractivity contribution in [1.82, 2.24) is 14.9 Å². The zero-order valence-electron chi connectivity index (χ0n) is 16.0. The Morgan fingerprint density at radius 1 is 1.11 bits per heavy atom. The van der Waals surface area contributed by atoms with Gasteiger partial charge in [0.15, 0.2) is 0 Å². The minimum absolute atomic E-state index is 0.00871. The molecule has 2 heterocycles. The first-order valence-electron chi connectivity index (χ1n) is 9.08. The van der Waals surface area contributed by atoms with Gasteiger partial charge in [-0.05, 0) is 29.7 Å². The van der Waals surface area contributed by atoms with Gasteiger partial charge in [0, 0.05) is 43.7 Å². The molecule has 0 bridgehead atoms. The zero-order valence-corrected chi connectivity index (χ0v) is 16.7. The van der Waals surface area contributed by atoms with Gasteiger partial charge in [-0.2, -0.15) is 0 Å². The SMILES string of the molecule is CC(C)(C)CC(=O)N1CCN(c2cc(Oc3ccc(Cl)cc3)ncn2)CC1. The highest BCUT2D eigenvalue weighted by molar-refractivity contribution is 6.30. The number of halogens is 1. The Balaban J connectivity index is 1.60. The van der Waals surface area contributed by atoms with Crippen LogP contribution in [0, 0.1) is 5.41 Å². The van der Waals surface area contributed by atoms with Crippen LogP contribution in [0.4, 0.5) is 5.82 Å². The molecule has 0 aliphatic carbocycles. The number of carbonyl (C=O) groups is 1. The fourth-order valence-corrected chi connectivity index (χ4v) is 3.06. The van der Waals surface area contributed by atoms with Crippen molar-refractivity contribution in [1.29, 1.82) is 0 Å². The third-order valence-electron chi connectivity index (χ3n) is 4.30. The minimum atomic E-state index is 0.00871. The molecule has 27 heavy (non-hydrogen) atoms. The maximum absolute atomic E-state index is 12.4. The molecule has 6 nitrogen and oxygen atoms in total. The molecule has 0 radical (unpaired) electrons. The fraction of sp³-hybridized carbons (Fsp3) is 0.450. The van der Waals surface area contributed by atoms with Crippen LogP contribution in [0.25, 0.3) is 0 Å². The molecule has 0 N–H and O–H groups in total. The molecule has 1 fully saturated rings. The lowest BCUT2D eigenvalue weighted by Gasteiger charge is -2.36. The first kappa shape index (κ1) is 19.4. The van der Waals surface area contributed by atoms with Crippen molar-refractivity contribution >= 4 is 23.3 Å². The van der Waals surface area contributed by atoms with Crippen LogP contribution in [0.1, 0.15) is 27.2 Å². The van der Waals surface area contributed by atoms with Crippen LogP contribution in [0.3, 0.4) is 0 Å². The summed E-state index contributed by atoms with van der Waals surface area (Å²) in [6.07, 6.45) is 2.07. The lowest BCUT2D eigenvalue weighted by Crippen LogP contribution is -2.49. The number of rotatable bonds is 4. The van der Waals surface area contributed by atoms with Gasteiger partial charge >= 0.3 is 0 Å². The number of hydrogen-bond donors (Lipinski definition) is 0. The molecule has 2 aromatic rings. The summed E-state index contributed by atoms with van der Waals surface area (Å²) < 4.78 is 5.78. The molecule has 1 aliphatic rings. The van der Waals surface area contributed by atoms with E-state index in [1.54, 1.807) is 24.3 Å². The summed E-state index contributed by atoms with van der Waals surface area (Å²) in [5.74, 6) is 2.17. The molecule has 144 valence electrons. The Bertz CT molecular complexity index is 781. The second-order valence-corrected chi connectivity index (χ2v) is 8.31. The quantitative estimate of drug-likeness (QED) is 0.792. The molecule has 0 saturated carbocycles. The average Bonchev–Trinajstić information content (AvgIpc) is 2.63. The minimum Gasteiger partial charge on any atom is -0.439 e. The number of piperazine rings is 1. The number of anilines is 1. The van der Waals surface area contributed by atoms with Crippen LogP contribution in [-0.2, 0) is 4.79 Å². The standard InChI is InChI=1S/C20H25ClN4O2/c1-20(2,3)13-19(26)25-10-8-24(9-11-25)17-12-18(23-14-22-17)27-16-6-4-15(21)5-7-16/h4-7,12,14H,8-11,13H2,1-3H3. The van der Waals surface area contributed by atoms with Crippen molar-refractivity contribution < 1.29 is 9.53 Å². The number of benzene rings is 1. The maximum Gasteiger partial charge on any atom is 0.224 e. The van der Waals surface area contributed by atoms with Gasteiger partial charge < -0.3 is 14.5 Å². The van der Waals surface area contributed by atoms with E-state index >= 15 is 0 Å². The van der Waals surface area contributed by atoms with Crippen molar-refractivity contribution in [2.24, 2.45) is 5.41 Å². The molecule has 0 spiro atoms. The van der Waals surface area contributed by atoms with Gasteiger partial charge in [0.05, 0.1) is 0 Å². The molecular formula is C20H25ClN4O2. The monoisotopic (exact) mass is 388 g/mol. The highest BCUT2D eigenvalue weighted by Crippen LogP contribution is 2.25. The predicted octanol–water partition coefficient (Wildman–Crippen LogP) is 4.01. The number of ether oxygens (including phenoxy) is 1. The van der Waals surface area contributed by atoms with Gasteiger partial charge in [-0.3, -0.25) is 4.79 Å². The van der Waals surface area contributed by atoms with Crippen molar-refractivity contribution in [2.75, 3.05) is 31.1 Å².